The molecule has 138 valence electrons. The number of aliphatic hydroxyl groups excluding tert-OH is 1. The molecule has 1 aliphatic carbocycles. The number of amides is 1. The van der Waals surface area contributed by atoms with E-state index < -0.39 is 22.2 Å². The lowest BCUT2D eigenvalue weighted by molar-refractivity contribution is -0.0496. The third kappa shape index (κ3) is 3.87. The van der Waals surface area contributed by atoms with E-state index >= 15 is 0 Å². The van der Waals surface area contributed by atoms with Crippen LogP contribution in [0, 0.1) is 0 Å². The number of sulfonamides is 1. The molecule has 1 aliphatic heterocycles. The molecule has 1 aromatic carbocycles. The Labute approximate surface area is 147 Å². The molecule has 0 unspecified atom stereocenters. The third-order valence-corrected chi connectivity index (χ3v) is 6.83. The predicted molar refractivity (Wildman–Crippen MR) is 91.6 cm³/mol. The van der Waals surface area contributed by atoms with E-state index in [1.54, 1.807) is 12.1 Å². The second-order valence-electron chi connectivity index (χ2n) is 6.95. The van der Waals surface area contributed by atoms with Crippen molar-refractivity contribution in [1.29, 1.82) is 0 Å². The summed E-state index contributed by atoms with van der Waals surface area (Å²) in [6.45, 7) is -0.351. The van der Waals surface area contributed by atoms with E-state index in [1.807, 2.05) is 0 Å². The topological polar surface area (TPSA) is 107 Å². The van der Waals surface area contributed by atoms with Gasteiger partial charge in [0.1, 0.15) is 5.60 Å². The van der Waals surface area contributed by atoms with Gasteiger partial charge in [0, 0.05) is 24.7 Å². The zero-order valence-corrected chi connectivity index (χ0v) is 14.8. The first-order valence-electron chi connectivity index (χ1n) is 8.58. The molecular formula is C17H24N2O5S. The predicted octanol–water partition coefficient (Wildman–Crippen LogP) is 0.477. The number of benzene rings is 1. The Morgan fingerprint density at radius 2 is 2.08 bits per heavy atom. The van der Waals surface area contributed by atoms with Crippen LogP contribution in [0.15, 0.2) is 29.2 Å². The summed E-state index contributed by atoms with van der Waals surface area (Å²) in [4.78, 5) is 12.3. The first kappa shape index (κ1) is 18.3. The number of nitrogens with zero attached hydrogens (tertiary/aromatic N) is 1. The van der Waals surface area contributed by atoms with Crippen LogP contribution in [0.2, 0.25) is 0 Å². The van der Waals surface area contributed by atoms with Gasteiger partial charge >= 0.3 is 0 Å². The Morgan fingerprint density at radius 3 is 2.72 bits per heavy atom. The van der Waals surface area contributed by atoms with E-state index in [0.29, 0.717) is 18.4 Å². The fourth-order valence-electron chi connectivity index (χ4n) is 3.17. The highest BCUT2D eigenvalue weighted by atomic mass is 32.2. The summed E-state index contributed by atoms with van der Waals surface area (Å²) in [7, 11) is -3.84. The average molecular weight is 368 g/mol. The van der Waals surface area contributed by atoms with E-state index in [-0.39, 0.29) is 29.9 Å². The van der Waals surface area contributed by atoms with Gasteiger partial charge < -0.3 is 15.5 Å². The summed E-state index contributed by atoms with van der Waals surface area (Å²) in [6.07, 6.45) is 3.84. The maximum absolute atomic E-state index is 12.9. The zero-order chi connectivity index (χ0) is 18.1. The molecular weight excluding hydrogens is 344 g/mol. The Kier molecular flexibility index (Phi) is 5.15. The van der Waals surface area contributed by atoms with Crippen molar-refractivity contribution in [3.8, 4) is 0 Å². The van der Waals surface area contributed by atoms with Gasteiger partial charge in [0.15, 0.2) is 0 Å². The van der Waals surface area contributed by atoms with E-state index in [2.05, 4.69) is 5.32 Å². The molecule has 1 amide bonds. The Hall–Kier alpha value is -1.48. The second kappa shape index (κ2) is 7.03. The summed E-state index contributed by atoms with van der Waals surface area (Å²) < 4.78 is 26.9. The molecule has 1 heterocycles. The van der Waals surface area contributed by atoms with Gasteiger partial charge in [0.2, 0.25) is 10.0 Å². The molecule has 0 spiro atoms. The molecule has 7 nitrogen and oxygen atoms in total. The monoisotopic (exact) mass is 368 g/mol. The van der Waals surface area contributed by atoms with Crippen molar-refractivity contribution >= 4 is 15.9 Å². The minimum absolute atomic E-state index is 0.0240. The van der Waals surface area contributed by atoms with E-state index in [4.69, 9.17) is 0 Å². The van der Waals surface area contributed by atoms with Crippen LogP contribution in [-0.4, -0.2) is 60.2 Å². The van der Waals surface area contributed by atoms with E-state index in [9.17, 15) is 23.4 Å². The Morgan fingerprint density at radius 1 is 1.32 bits per heavy atom. The lowest BCUT2D eigenvalue weighted by Crippen LogP contribution is -2.52. The van der Waals surface area contributed by atoms with Crippen molar-refractivity contribution in [1.82, 2.24) is 9.62 Å². The zero-order valence-electron chi connectivity index (χ0n) is 14.0. The molecule has 25 heavy (non-hydrogen) atoms. The maximum atomic E-state index is 12.9. The van der Waals surface area contributed by atoms with Crippen molar-refractivity contribution in [3.63, 3.8) is 0 Å². The van der Waals surface area contributed by atoms with Crippen LogP contribution >= 0.6 is 0 Å². The number of rotatable bonds is 5. The number of piperidine rings is 1. The number of nitrogens with one attached hydrogen (secondary N) is 1. The number of hydrogen-bond acceptors (Lipinski definition) is 5. The average Bonchev–Trinajstić information content (AvgIpc) is 2.58. The van der Waals surface area contributed by atoms with Crippen LogP contribution in [0.5, 0.6) is 0 Å². The van der Waals surface area contributed by atoms with E-state index in [0.717, 1.165) is 19.3 Å². The fourth-order valence-corrected chi connectivity index (χ4v) is 4.78. The maximum Gasteiger partial charge on any atom is 0.251 e. The third-order valence-electron chi connectivity index (χ3n) is 4.99. The van der Waals surface area contributed by atoms with Crippen LogP contribution < -0.4 is 5.32 Å². The van der Waals surface area contributed by atoms with Gasteiger partial charge in [-0.05, 0) is 50.3 Å². The summed E-state index contributed by atoms with van der Waals surface area (Å²) in [5.74, 6) is -0.271. The normalized spacial score (nSPS) is 25.4. The van der Waals surface area contributed by atoms with Gasteiger partial charge in [-0.1, -0.05) is 6.07 Å². The second-order valence-corrected chi connectivity index (χ2v) is 8.89. The summed E-state index contributed by atoms with van der Waals surface area (Å²) in [5, 5.41) is 22.4. The first-order chi connectivity index (χ1) is 11.8. The minimum Gasteiger partial charge on any atom is -0.393 e. The highest BCUT2D eigenvalue weighted by molar-refractivity contribution is 7.89. The van der Waals surface area contributed by atoms with Crippen LogP contribution in [0.25, 0.3) is 0 Å². The molecule has 3 N–H and O–H groups in total. The molecule has 2 fully saturated rings. The van der Waals surface area contributed by atoms with Crippen LogP contribution in [0.3, 0.4) is 0 Å². The summed E-state index contributed by atoms with van der Waals surface area (Å²) >= 11 is 0. The van der Waals surface area contributed by atoms with Crippen LogP contribution in [-0.2, 0) is 10.0 Å². The lowest BCUT2D eigenvalue weighted by atomic mass is 9.93. The summed E-state index contributed by atoms with van der Waals surface area (Å²) in [5.41, 5.74) is -1.10. The van der Waals surface area contributed by atoms with Gasteiger partial charge in [0.25, 0.3) is 5.91 Å². The molecule has 1 atom stereocenters. The van der Waals surface area contributed by atoms with Gasteiger partial charge in [-0.2, -0.15) is 4.31 Å². The molecule has 0 bridgehead atoms. The minimum atomic E-state index is -3.84. The van der Waals surface area contributed by atoms with Gasteiger partial charge in [-0.3, -0.25) is 4.79 Å². The Balaban J connectivity index is 1.80. The van der Waals surface area contributed by atoms with Crippen molar-refractivity contribution in [3.05, 3.63) is 29.8 Å². The number of carbonyl (C=O) groups excluding carboxylic acids is 1. The highest BCUT2D eigenvalue weighted by Gasteiger charge is 2.38. The molecule has 1 saturated carbocycles. The molecule has 0 radical (unpaired) electrons. The standard InChI is InChI=1S/C17H24N2O5S/c20-12-17(22)8-3-9-19(11-17)25(23,24)15-7-1-4-13(10-15)16(21)18-14-5-2-6-14/h1,4,7,10,14,20,22H,2-3,5-6,8-9,11-12H2,(H,18,21)/t17-/m1/s1. The summed E-state index contributed by atoms with van der Waals surface area (Å²) in [6, 6.07) is 6.13. The fraction of sp³-hybridized carbons (Fsp3) is 0.588. The number of aliphatic hydroxyl groups is 2. The lowest BCUT2D eigenvalue weighted by Gasteiger charge is -2.37. The van der Waals surface area contributed by atoms with Crippen molar-refractivity contribution in [2.24, 2.45) is 0 Å². The molecule has 3 rings (SSSR count). The number of β-amino-alcohol motifs (C(OH)–C–C–N with tert-alkyl or cyclic N) is 1. The highest BCUT2D eigenvalue weighted by Crippen LogP contribution is 2.27. The SMILES string of the molecule is O=C(NC1CCC1)c1cccc(S(=O)(=O)N2CCC[C@](O)(CO)C2)c1. The molecule has 8 heteroatoms. The van der Waals surface area contributed by atoms with E-state index in [1.165, 1.54) is 16.4 Å². The van der Waals surface area contributed by atoms with Crippen molar-refractivity contribution < 1.29 is 23.4 Å². The van der Waals surface area contributed by atoms with Crippen molar-refractivity contribution in [2.45, 2.75) is 48.6 Å². The van der Waals surface area contributed by atoms with Crippen molar-refractivity contribution in [2.75, 3.05) is 19.7 Å². The molecule has 0 aromatic heterocycles. The quantitative estimate of drug-likeness (QED) is 0.701. The van der Waals surface area contributed by atoms with Crippen LogP contribution in [0.4, 0.5) is 0 Å². The molecule has 1 aromatic rings. The largest absolute Gasteiger partial charge is 0.393 e. The van der Waals surface area contributed by atoms with Crippen LogP contribution in [0.1, 0.15) is 42.5 Å². The molecule has 1 saturated heterocycles. The van der Waals surface area contributed by atoms with Gasteiger partial charge in [-0.15, -0.1) is 0 Å². The molecule has 2 aliphatic rings. The van der Waals surface area contributed by atoms with Gasteiger partial charge in [-0.25, -0.2) is 8.42 Å². The first-order valence-corrected chi connectivity index (χ1v) is 10.0. The number of hydrogen-bond donors (Lipinski definition) is 3. The number of carbonyl (C=O) groups is 1. The van der Waals surface area contributed by atoms with Gasteiger partial charge in [0.05, 0.1) is 11.5 Å². The Bertz CT molecular complexity index is 747. The smallest absolute Gasteiger partial charge is 0.251 e.